The van der Waals surface area contributed by atoms with Gasteiger partial charge in [0.15, 0.2) is 0 Å². The molecule has 2 heterocycles. The molecule has 2 aromatic heterocycles. The van der Waals surface area contributed by atoms with Crippen LogP contribution >= 0.6 is 22.7 Å². The van der Waals surface area contributed by atoms with Crippen molar-refractivity contribution >= 4 is 22.7 Å². The fourth-order valence-corrected chi connectivity index (χ4v) is 2.90. The fraction of sp³-hybridized carbons (Fsp3) is 0.273. The molecule has 0 bridgehead atoms. The Kier molecular flexibility index (Phi) is 3.42. The average molecular weight is 316 g/mol. The van der Waals surface area contributed by atoms with Gasteiger partial charge in [0.25, 0.3) is 0 Å². The van der Waals surface area contributed by atoms with Gasteiger partial charge in [-0.2, -0.15) is 26.3 Å². The first kappa shape index (κ1) is 14.4. The van der Waals surface area contributed by atoms with Crippen LogP contribution in [0.1, 0.15) is 9.75 Å². The van der Waals surface area contributed by atoms with Crippen LogP contribution in [0.15, 0.2) is 35.0 Å². The maximum Gasteiger partial charge on any atom is 0.382 e. The molecule has 0 aliphatic heterocycles. The van der Waals surface area contributed by atoms with Gasteiger partial charge >= 0.3 is 17.8 Å². The minimum Gasteiger partial charge on any atom is -0.193 e. The van der Waals surface area contributed by atoms with Gasteiger partial charge in [-0.15, -0.1) is 22.7 Å². The second-order valence-corrected chi connectivity index (χ2v) is 5.57. The molecule has 104 valence electrons. The van der Waals surface area contributed by atoms with Crippen LogP contribution in [-0.2, 0) is 11.8 Å². The van der Waals surface area contributed by atoms with Crippen molar-refractivity contribution in [3.63, 3.8) is 0 Å². The topological polar surface area (TPSA) is 0 Å². The van der Waals surface area contributed by atoms with Crippen molar-refractivity contribution in [2.24, 2.45) is 0 Å². The van der Waals surface area contributed by atoms with Crippen molar-refractivity contribution in [3.8, 4) is 0 Å². The molecule has 8 heteroatoms. The Morgan fingerprint density at radius 1 is 0.684 bits per heavy atom. The predicted octanol–water partition coefficient (Wildman–Crippen LogP) is 5.33. The zero-order valence-corrected chi connectivity index (χ0v) is 10.7. The Labute approximate surface area is 112 Å². The largest absolute Gasteiger partial charge is 0.382 e. The number of alkyl halides is 6. The second kappa shape index (κ2) is 4.52. The van der Waals surface area contributed by atoms with Gasteiger partial charge in [-0.3, -0.25) is 0 Å². The van der Waals surface area contributed by atoms with Crippen molar-refractivity contribution in [1.29, 1.82) is 0 Å². The minimum atomic E-state index is -5.50. The number of hydrogen-bond donors (Lipinski definition) is 0. The Bertz CT molecular complexity index is 481. The summed E-state index contributed by atoms with van der Waals surface area (Å²) >= 11 is 0.620. The van der Waals surface area contributed by atoms with E-state index in [-0.39, 0.29) is 0 Å². The van der Waals surface area contributed by atoms with E-state index >= 15 is 0 Å². The summed E-state index contributed by atoms with van der Waals surface area (Å²) < 4.78 is 81.8. The predicted molar refractivity (Wildman–Crippen MR) is 61.4 cm³/mol. The summed E-state index contributed by atoms with van der Waals surface area (Å²) in [4.78, 5) is -2.18. The quantitative estimate of drug-likeness (QED) is 0.669. The first-order valence-corrected chi connectivity index (χ1v) is 6.68. The van der Waals surface area contributed by atoms with Crippen LogP contribution in [0.25, 0.3) is 0 Å². The summed E-state index contributed by atoms with van der Waals surface area (Å²) in [6, 6.07) is 3.63. The van der Waals surface area contributed by atoms with Gasteiger partial charge in [0.1, 0.15) is 0 Å². The van der Waals surface area contributed by atoms with Gasteiger partial charge in [-0.05, 0) is 22.9 Å². The van der Waals surface area contributed by atoms with Crippen LogP contribution in [0.5, 0.6) is 0 Å². The molecule has 0 aromatic carbocycles. The van der Waals surface area contributed by atoms with Gasteiger partial charge in [-0.25, -0.2) is 0 Å². The molecule has 0 aliphatic carbocycles. The van der Waals surface area contributed by atoms with Crippen LogP contribution in [0.4, 0.5) is 26.3 Å². The van der Waals surface area contributed by atoms with E-state index in [0.29, 0.717) is 34.8 Å². The van der Waals surface area contributed by atoms with E-state index in [1.807, 2.05) is 0 Å². The van der Waals surface area contributed by atoms with Crippen LogP contribution in [0, 0.1) is 0 Å². The summed E-state index contributed by atoms with van der Waals surface area (Å²) in [7, 11) is 0. The maximum atomic E-state index is 13.6. The summed E-state index contributed by atoms with van der Waals surface area (Å²) in [6.45, 7) is 0. The van der Waals surface area contributed by atoms with E-state index in [9.17, 15) is 26.3 Å². The molecule has 0 nitrogen and oxygen atoms in total. The van der Waals surface area contributed by atoms with Crippen molar-refractivity contribution in [3.05, 3.63) is 44.8 Å². The number of halogens is 6. The Hall–Kier alpha value is -1.02. The van der Waals surface area contributed by atoms with E-state index < -0.39 is 27.5 Å². The molecule has 0 radical (unpaired) electrons. The summed E-state index contributed by atoms with van der Waals surface area (Å²) in [6.07, 6.45) is 0. The monoisotopic (exact) mass is 316 g/mol. The molecule has 0 spiro atoms. The van der Waals surface area contributed by atoms with Gasteiger partial charge in [-0.1, -0.05) is 12.1 Å². The standard InChI is InChI=1S/C11H6F6S2/c12-9(13,7-3-1-5-18-7)11(16,17)10(14,15)8-4-2-6-19-8/h1-6H. The molecule has 0 atom stereocenters. The molecule has 2 aromatic rings. The van der Waals surface area contributed by atoms with Gasteiger partial charge in [0.05, 0.1) is 9.75 Å². The highest BCUT2D eigenvalue weighted by Gasteiger charge is 2.73. The van der Waals surface area contributed by atoms with E-state index in [0.717, 1.165) is 22.9 Å². The van der Waals surface area contributed by atoms with Gasteiger partial charge < -0.3 is 0 Å². The lowest BCUT2D eigenvalue weighted by Gasteiger charge is -2.31. The molecule has 2 rings (SSSR count). The molecule has 0 aliphatic rings. The van der Waals surface area contributed by atoms with Crippen molar-refractivity contribution in [2.45, 2.75) is 17.8 Å². The highest BCUT2D eigenvalue weighted by molar-refractivity contribution is 7.10. The molecular formula is C11H6F6S2. The van der Waals surface area contributed by atoms with E-state index in [2.05, 4.69) is 0 Å². The van der Waals surface area contributed by atoms with E-state index in [1.54, 1.807) is 0 Å². The zero-order valence-electron chi connectivity index (χ0n) is 9.05. The molecule has 0 unspecified atom stereocenters. The highest BCUT2D eigenvalue weighted by atomic mass is 32.1. The SMILES string of the molecule is FC(F)(c1cccs1)C(F)(F)C(F)(F)c1cccs1. The molecule has 0 fully saturated rings. The van der Waals surface area contributed by atoms with E-state index in [1.165, 1.54) is 0 Å². The lowest BCUT2D eigenvalue weighted by Crippen LogP contribution is -2.50. The normalized spacial score (nSPS) is 13.8. The lowest BCUT2D eigenvalue weighted by atomic mass is 10.0. The molecule has 0 saturated carbocycles. The lowest BCUT2D eigenvalue weighted by molar-refractivity contribution is -0.318. The van der Waals surface area contributed by atoms with Crippen molar-refractivity contribution in [2.75, 3.05) is 0 Å². The molecule has 19 heavy (non-hydrogen) atoms. The van der Waals surface area contributed by atoms with Gasteiger partial charge in [0.2, 0.25) is 0 Å². The number of thiophene rings is 2. The highest BCUT2D eigenvalue weighted by Crippen LogP contribution is 2.56. The third-order valence-corrected chi connectivity index (χ3v) is 4.33. The Balaban J connectivity index is 2.47. The Morgan fingerprint density at radius 2 is 1.05 bits per heavy atom. The second-order valence-electron chi connectivity index (χ2n) is 3.68. The molecule has 0 saturated heterocycles. The first-order chi connectivity index (χ1) is 8.71. The minimum absolute atomic E-state index is 0.310. The third-order valence-electron chi connectivity index (χ3n) is 2.45. The van der Waals surface area contributed by atoms with Gasteiger partial charge in [0, 0.05) is 0 Å². The van der Waals surface area contributed by atoms with Crippen LogP contribution in [-0.4, -0.2) is 5.92 Å². The summed E-state index contributed by atoms with van der Waals surface area (Å²) in [5.74, 6) is -15.4. The first-order valence-electron chi connectivity index (χ1n) is 4.92. The fourth-order valence-electron chi connectivity index (χ4n) is 1.42. The smallest absolute Gasteiger partial charge is 0.193 e. The summed E-state index contributed by atoms with van der Waals surface area (Å²) in [5.41, 5.74) is 0. The molecule has 0 N–H and O–H groups in total. The van der Waals surface area contributed by atoms with Crippen molar-refractivity contribution in [1.82, 2.24) is 0 Å². The molecule has 0 amide bonds. The average Bonchev–Trinajstić information content (AvgIpc) is 3.02. The Morgan fingerprint density at radius 3 is 1.32 bits per heavy atom. The van der Waals surface area contributed by atoms with Crippen molar-refractivity contribution < 1.29 is 26.3 Å². The summed E-state index contributed by atoms with van der Waals surface area (Å²) in [5, 5.41) is 2.26. The number of rotatable bonds is 4. The number of hydrogen-bond acceptors (Lipinski definition) is 2. The maximum absolute atomic E-state index is 13.6. The van der Waals surface area contributed by atoms with Crippen LogP contribution < -0.4 is 0 Å². The zero-order chi connectivity index (χ0) is 14.3. The van der Waals surface area contributed by atoms with Crippen LogP contribution in [0.3, 0.4) is 0 Å². The van der Waals surface area contributed by atoms with E-state index in [4.69, 9.17) is 0 Å². The van der Waals surface area contributed by atoms with Crippen LogP contribution in [0.2, 0.25) is 0 Å². The molecular weight excluding hydrogens is 310 g/mol. The third kappa shape index (κ3) is 2.06.